The lowest BCUT2D eigenvalue weighted by molar-refractivity contribution is -0.133. The molecule has 3 aromatic carbocycles. The summed E-state index contributed by atoms with van der Waals surface area (Å²) in [5.74, 6) is 3.68. The fraction of sp³-hybridized carbons (Fsp3) is 0.0435. The molecule has 3 aromatic rings. The molecule has 26 heavy (non-hydrogen) atoms. The van der Waals surface area contributed by atoms with E-state index in [1.807, 2.05) is 54.6 Å². The smallest absolute Gasteiger partial charge is 0.332 e. The number of carbonyl (C=O) groups is 1. The average molecular weight is 358 g/mol. The van der Waals surface area contributed by atoms with Gasteiger partial charge >= 0.3 is 5.97 Å². The molecule has 0 aliphatic heterocycles. The summed E-state index contributed by atoms with van der Waals surface area (Å²) in [5, 5.41) is 3.28. The third kappa shape index (κ3) is 3.64. The van der Waals surface area contributed by atoms with E-state index >= 15 is 0 Å². The number of terminal acetylenes is 1. The van der Waals surface area contributed by atoms with E-state index < -0.39 is 12.9 Å². The molecule has 0 saturated carbocycles. The molecule has 0 bridgehead atoms. The first-order chi connectivity index (χ1) is 12.8. The average Bonchev–Trinajstić information content (AvgIpc) is 2.72. The lowest BCUT2D eigenvalue weighted by atomic mass is 10.4. The van der Waals surface area contributed by atoms with E-state index in [9.17, 15) is 4.79 Å². The summed E-state index contributed by atoms with van der Waals surface area (Å²) < 4.78 is 5.21. The van der Waals surface area contributed by atoms with Crippen LogP contribution in [0.5, 0.6) is 0 Å². The van der Waals surface area contributed by atoms with Crippen LogP contribution >= 0.6 is 6.89 Å². The third-order valence-electron chi connectivity index (χ3n) is 4.09. The molecular formula is C23H19O2P. The van der Waals surface area contributed by atoms with Gasteiger partial charge in [0.25, 0.3) is 0 Å². The van der Waals surface area contributed by atoms with Crippen molar-refractivity contribution in [3.63, 3.8) is 0 Å². The SMILES string of the molecule is C#CCOC(=O)C=P(c1ccccc1)(c1ccccc1)c1ccccc1. The van der Waals surface area contributed by atoms with Crippen LogP contribution < -0.4 is 15.9 Å². The Balaban J connectivity index is 2.34. The second kappa shape index (κ2) is 8.39. The maximum Gasteiger partial charge on any atom is 0.332 e. The van der Waals surface area contributed by atoms with Crippen LogP contribution in [0.4, 0.5) is 0 Å². The van der Waals surface area contributed by atoms with Crippen molar-refractivity contribution in [2.45, 2.75) is 0 Å². The number of hydrogen-bond acceptors (Lipinski definition) is 2. The monoisotopic (exact) mass is 358 g/mol. The summed E-state index contributed by atoms with van der Waals surface area (Å²) in [5.41, 5.74) is 0. The molecule has 0 aliphatic rings. The molecule has 0 radical (unpaired) electrons. The van der Waals surface area contributed by atoms with E-state index in [2.05, 4.69) is 42.3 Å². The van der Waals surface area contributed by atoms with Gasteiger partial charge in [-0.1, -0.05) is 96.9 Å². The second-order valence-corrected chi connectivity index (χ2v) is 8.92. The number of hydrogen-bond donors (Lipinski definition) is 0. The zero-order valence-corrected chi connectivity index (χ0v) is 15.2. The molecule has 0 amide bonds. The number of ether oxygens (including phenoxy) is 1. The van der Waals surface area contributed by atoms with Crippen LogP contribution in [-0.4, -0.2) is 18.4 Å². The summed E-state index contributed by atoms with van der Waals surface area (Å²) in [7, 11) is 0. The molecule has 0 heterocycles. The van der Waals surface area contributed by atoms with Gasteiger partial charge in [-0.25, -0.2) is 4.79 Å². The Kier molecular flexibility index (Phi) is 5.74. The highest BCUT2D eigenvalue weighted by atomic mass is 31.2. The summed E-state index contributed by atoms with van der Waals surface area (Å²) in [6.45, 7) is -2.35. The fourth-order valence-electron chi connectivity index (χ4n) is 2.97. The Labute approximate surface area is 154 Å². The van der Waals surface area contributed by atoms with Crippen LogP contribution in [0.1, 0.15) is 0 Å². The van der Waals surface area contributed by atoms with E-state index in [0.29, 0.717) is 0 Å². The summed E-state index contributed by atoms with van der Waals surface area (Å²) in [6.07, 6.45) is 5.24. The highest BCUT2D eigenvalue weighted by Crippen LogP contribution is 2.43. The molecule has 0 saturated heterocycles. The van der Waals surface area contributed by atoms with Gasteiger partial charge in [0.1, 0.15) is 0 Å². The molecule has 128 valence electrons. The van der Waals surface area contributed by atoms with Crippen molar-refractivity contribution >= 4 is 34.6 Å². The first-order valence-corrected chi connectivity index (χ1v) is 10.1. The molecule has 2 nitrogen and oxygen atoms in total. The summed E-state index contributed by atoms with van der Waals surface area (Å²) >= 11 is 0. The van der Waals surface area contributed by atoms with Gasteiger partial charge in [0.15, 0.2) is 6.61 Å². The highest BCUT2D eigenvalue weighted by Gasteiger charge is 2.26. The maximum atomic E-state index is 12.6. The Bertz CT molecular complexity index is 852. The predicted molar refractivity (Wildman–Crippen MR) is 111 cm³/mol. The van der Waals surface area contributed by atoms with Gasteiger partial charge in [-0.05, 0) is 22.8 Å². The maximum absolute atomic E-state index is 12.6. The van der Waals surface area contributed by atoms with Crippen molar-refractivity contribution in [2.24, 2.45) is 0 Å². The highest BCUT2D eigenvalue weighted by molar-refractivity contribution is 7.95. The first kappa shape index (κ1) is 17.8. The topological polar surface area (TPSA) is 26.3 Å². The van der Waals surface area contributed by atoms with Crippen LogP contribution in [0.15, 0.2) is 91.0 Å². The lowest BCUT2D eigenvalue weighted by Gasteiger charge is -2.28. The molecule has 3 heteroatoms. The minimum Gasteiger partial charge on any atom is -0.449 e. The normalized spacial score (nSPS) is 10.6. The quantitative estimate of drug-likeness (QED) is 0.398. The van der Waals surface area contributed by atoms with Crippen LogP contribution in [0.3, 0.4) is 0 Å². The number of esters is 1. The van der Waals surface area contributed by atoms with Gasteiger partial charge in [-0.15, -0.1) is 6.42 Å². The molecule has 0 atom stereocenters. The van der Waals surface area contributed by atoms with E-state index in [4.69, 9.17) is 11.2 Å². The predicted octanol–water partition coefficient (Wildman–Crippen LogP) is 2.96. The Morgan fingerprint density at radius 3 is 1.54 bits per heavy atom. The summed E-state index contributed by atoms with van der Waals surface area (Å²) in [6, 6.07) is 30.3. The van der Waals surface area contributed by atoms with Gasteiger partial charge in [0.05, 0.1) is 0 Å². The minimum atomic E-state index is -2.32. The van der Waals surface area contributed by atoms with Gasteiger partial charge in [-0.2, -0.15) is 0 Å². The Hall–Kier alpha value is -3.01. The van der Waals surface area contributed by atoms with E-state index in [1.54, 1.807) is 5.80 Å². The van der Waals surface area contributed by atoms with E-state index in [0.717, 1.165) is 15.9 Å². The zero-order chi connectivity index (χ0) is 18.2. The van der Waals surface area contributed by atoms with Crippen LogP contribution in [-0.2, 0) is 9.53 Å². The number of carbonyl (C=O) groups excluding carboxylic acids is 1. The van der Waals surface area contributed by atoms with Crippen molar-refractivity contribution in [1.29, 1.82) is 0 Å². The minimum absolute atomic E-state index is 0.0340. The first-order valence-electron chi connectivity index (χ1n) is 8.29. The third-order valence-corrected chi connectivity index (χ3v) is 8.02. The fourth-order valence-corrected chi connectivity index (χ4v) is 6.63. The number of benzene rings is 3. The summed E-state index contributed by atoms with van der Waals surface area (Å²) in [4.78, 5) is 12.6. The molecule has 0 N–H and O–H groups in total. The van der Waals surface area contributed by atoms with Crippen LogP contribution in [0.25, 0.3) is 0 Å². The van der Waals surface area contributed by atoms with Gasteiger partial charge < -0.3 is 4.74 Å². The lowest BCUT2D eigenvalue weighted by Crippen LogP contribution is -2.29. The Morgan fingerprint density at radius 1 is 0.808 bits per heavy atom. The van der Waals surface area contributed by atoms with Crippen LogP contribution in [0, 0.1) is 12.3 Å². The Morgan fingerprint density at radius 2 is 1.19 bits per heavy atom. The number of rotatable bonds is 5. The second-order valence-electron chi connectivity index (χ2n) is 5.67. The van der Waals surface area contributed by atoms with Crippen molar-refractivity contribution in [1.82, 2.24) is 0 Å². The molecule has 3 rings (SSSR count). The largest absolute Gasteiger partial charge is 0.449 e. The van der Waals surface area contributed by atoms with E-state index in [-0.39, 0.29) is 6.61 Å². The van der Waals surface area contributed by atoms with Crippen molar-refractivity contribution < 1.29 is 9.53 Å². The van der Waals surface area contributed by atoms with Gasteiger partial charge in [0.2, 0.25) is 0 Å². The molecule has 0 aromatic heterocycles. The van der Waals surface area contributed by atoms with Crippen molar-refractivity contribution in [3.05, 3.63) is 91.0 Å². The zero-order valence-electron chi connectivity index (χ0n) is 14.3. The van der Waals surface area contributed by atoms with E-state index in [1.165, 1.54) is 0 Å². The molecular weight excluding hydrogens is 339 g/mol. The van der Waals surface area contributed by atoms with Gasteiger partial charge in [0, 0.05) is 5.80 Å². The van der Waals surface area contributed by atoms with Crippen molar-refractivity contribution in [2.75, 3.05) is 6.61 Å². The van der Waals surface area contributed by atoms with Gasteiger partial charge in [-0.3, -0.25) is 0 Å². The molecule has 0 unspecified atom stereocenters. The standard InChI is InChI=1S/C23H19O2P/c1-2-18-25-23(24)19-26(20-12-6-3-7-13-20,21-14-8-4-9-15-21)22-16-10-5-11-17-22/h1,3-17,19H,18H2. The van der Waals surface area contributed by atoms with Crippen LogP contribution in [0.2, 0.25) is 0 Å². The molecule has 0 aliphatic carbocycles. The molecule has 0 fully saturated rings. The van der Waals surface area contributed by atoms with Crippen molar-refractivity contribution in [3.8, 4) is 12.3 Å². The molecule has 0 spiro atoms.